The molecule has 1 atom stereocenters. The molecule has 0 spiro atoms. The first-order chi connectivity index (χ1) is 12.9. The van der Waals surface area contributed by atoms with E-state index in [-0.39, 0.29) is 23.2 Å². The van der Waals surface area contributed by atoms with Gasteiger partial charge in [0.15, 0.2) is 0 Å². The smallest absolute Gasteiger partial charge is 0.243 e. The van der Waals surface area contributed by atoms with E-state index in [4.69, 9.17) is 5.73 Å². The number of halogens is 1. The number of nitrogens with one attached hydrogen (secondary N) is 1. The highest BCUT2D eigenvalue weighted by atomic mass is 35.5. The summed E-state index contributed by atoms with van der Waals surface area (Å²) in [6.45, 7) is 4.77. The second kappa shape index (κ2) is 11.2. The quantitative estimate of drug-likeness (QED) is 0.644. The highest BCUT2D eigenvalue weighted by Gasteiger charge is 2.21. The Morgan fingerprint density at radius 3 is 2.11 bits per heavy atom. The summed E-state index contributed by atoms with van der Waals surface area (Å²) >= 11 is 0. The fraction of sp³-hybridized carbons (Fsp3) is 0.350. The summed E-state index contributed by atoms with van der Waals surface area (Å²) in [4.78, 5) is 12.4. The van der Waals surface area contributed by atoms with Crippen molar-refractivity contribution in [1.29, 1.82) is 0 Å². The second-order valence-corrected chi connectivity index (χ2v) is 8.19. The molecule has 0 radical (unpaired) electrons. The lowest BCUT2D eigenvalue weighted by Gasteiger charge is -2.18. The number of amides is 1. The van der Waals surface area contributed by atoms with E-state index in [0.717, 1.165) is 11.1 Å². The fourth-order valence-electron chi connectivity index (χ4n) is 2.77. The minimum atomic E-state index is -3.47. The number of hydrogen-bond acceptors (Lipinski definition) is 4. The zero-order valence-electron chi connectivity index (χ0n) is 16.2. The molecular weight excluding hydrogens is 398 g/mol. The van der Waals surface area contributed by atoms with Gasteiger partial charge in [-0.2, -0.15) is 4.31 Å². The van der Waals surface area contributed by atoms with Crippen molar-refractivity contribution in [1.82, 2.24) is 9.62 Å². The Hall–Kier alpha value is -1.93. The van der Waals surface area contributed by atoms with E-state index in [2.05, 4.69) is 5.32 Å². The van der Waals surface area contributed by atoms with Gasteiger partial charge in [0.2, 0.25) is 15.9 Å². The summed E-state index contributed by atoms with van der Waals surface area (Å²) in [5.74, 6) is -0.237. The van der Waals surface area contributed by atoms with Gasteiger partial charge in [-0.15, -0.1) is 12.4 Å². The number of nitrogens with zero attached hydrogens (tertiary/aromatic N) is 1. The molecule has 0 saturated carbocycles. The van der Waals surface area contributed by atoms with Crippen LogP contribution in [0.4, 0.5) is 0 Å². The Balaban J connectivity index is 0.00000392. The van der Waals surface area contributed by atoms with E-state index in [1.165, 1.54) is 4.31 Å². The van der Waals surface area contributed by atoms with Crippen molar-refractivity contribution >= 4 is 28.3 Å². The molecule has 0 heterocycles. The largest absolute Gasteiger partial charge is 0.351 e. The van der Waals surface area contributed by atoms with Crippen molar-refractivity contribution in [3.05, 3.63) is 65.7 Å². The highest BCUT2D eigenvalue weighted by Crippen LogP contribution is 2.16. The summed E-state index contributed by atoms with van der Waals surface area (Å²) < 4.78 is 26.4. The summed E-state index contributed by atoms with van der Waals surface area (Å²) in [5.41, 5.74) is 7.78. The molecule has 0 fully saturated rings. The van der Waals surface area contributed by atoms with Gasteiger partial charge in [-0.1, -0.05) is 56.3 Å². The van der Waals surface area contributed by atoms with E-state index < -0.39 is 16.1 Å². The lowest BCUT2D eigenvalue weighted by molar-refractivity contribution is -0.122. The minimum Gasteiger partial charge on any atom is -0.351 e. The molecular formula is C20H28ClN3O3S. The van der Waals surface area contributed by atoms with Crippen LogP contribution in [-0.4, -0.2) is 37.8 Å². The molecule has 6 nitrogen and oxygen atoms in total. The average molecular weight is 426 g/mol. The van der Waals surface area contributed by atoms with Gasteiger partial charge in [-0.3, -0.25) is 4.79 Å². The third-order valence-electron chi connectivity index (χ3n) is 4.37. The van der Waals surface area contributed by atoms with Gasteiger partial charge in [-0.25, -0.2) is 8.42 Å². The van der Waals surface area contributed by atoms with Gasteiger partial charge >= 0.3 is 0 Å². The first-order valence-electron chi connectivity index (χ1n) is 9.04. The Kier molecular flexibility index (Phi) is 9.61. The monoisotopic (exact) mass is 425 g/mol. The molecule has 154 valence electrons. The van der Waals surface area contributed by atoms with E-state index in [1.54, 1.807) is 24.3 Å². The molecule has 0 aliphatic heterocycles. The van der Waals surface area contributed by atoms with E-state index in [1.807, 2.05) is 44.2 Å². The Morgan fingerprint density at radius 1 is 1.00 bits per heavy atom. The van der Waals surface area contributed by atoms with Crippen molar-refractivity contribution in [3.8, 4) is 0 Å². The van der Waals surface area contributed by atoms with Crippen molar-refractivity contribution in [3.63, 3.8) is 0 Å². The van der Waals surface area contributed by atoms with Gasteiger partial charge in [0.05, 0.1) is 10.9 Å². The summed E-state index contributed by atoms with van der Waals surface area (Å²) in [5, 5.41) is 2.80. The maximum atomic E-state index is 12.5. The van der Waals surface area contributed by atoms with Crippen LogP contribution < -0.4 is 11.1 Å². The van der Waals surface area contributed by atoms with Crippen LogP contribution in [0.2, 0.25) is 0 Å². The average Bonchev–Trinajstić information content (AvgIpc) is 2.68. The van der Waals surface area contributed by atoms with Crippen LogP contribution >= 0.6 is 12.4 Å². The van der Waals surface area contributed by atoms with E-state index in [9.17, 15) is 13.2 Å². The zero-order valence-corrected chi connectivity index (χ0v) is 17.8. The third kappa shape index (κ3) is 6.31. The summed E-state index contributed by atoms with van der Waals surface area (Å²) in [6, 6.07) is 15.5. The third-order valence-corrected chi connectivity index (χ3v) is 6.43. The number of hydrogen-bond donors (Lipinski definition) is 2. The molecule has 0 saturated heterocycles. The number of carbonyl (C=O) groups is 1. The lowest BCUT2D eigenvalue weighted by Crippen LogP contribution is -2.41. The van der Waals surface area contributed by atoms with Gasteiger partial charge in [0.25, 0.3) is 0 Å². The van der Waals surface area contributed by atoms with Crippen LogP contribution in [-0.2, 0) is 27.8 Å². The maximum Gasteiger partial charge on any atom is 0.243 e. The summed E-state index contributed by atoms with van der Waals surface area (Å²) in [6.07, 6.45) is 0.466. The van der Waals surface area contributed by atoms with Crippen LogP contribution in [0.1, 0.15) is 25.0 Å². The summed E-state index contributed by atoms with van der Waals surface area (Å²) in [7, 11) is -3.47. The molecule has 0 aliphatic carbocycles. The second-order valence-electron chi connectivity index (χ2n) is 6.25. The van der Waals surface area contributed by atoms with E-state index in [0.29, 0.717) is 26.1 Å². The normalized spacial score (nSPS) is 12.3. The molecule has 8 heteroatoms. The topological polar surface area (TPSA) is 92.5 Å². The van der Waals surface area contributed by atoms with Crippen molar-refractivity contribution in [2.75, 3.05) is 13.1 Å². The molecule has 0 aromatic heterocycles. The maximum absolute atomic E-state index is 12.5. The SMILES string of the molecule is CCN(CC)S(=O)(=O)c1ccc(CNC(=O)C(N)Cc2ccccc2)cc1.Cl. The standard InChI is InChI=1S/C20H27N3O3S.ClH/c1-3-23(4-2)27(25,26)18-12-10-17(11-13-18)15-22-20(24)19(21)14-16-8-6-5-7-9-16;/h5-13,19H,3-4,14-15,21H2,1-2H3,(H,22,24);1H. The number of nitrogens with two attached hydrogens (primary N) is 1. The molecule has 28 heavy (non-hydrogen) atoms. The van der Waals surface area contributed by atoms with Gasteiger partial charge in [0, 0.05) is 19.6 Å². The number of carbonyl (C=O) groups excluding carboxylic acids is 1. The molecule has 1 unspecified atom stereocenters. The molecule has 2 aromatic carbocycles. The van der Waals surface area contributed by atoms with Gasteiger partial charge in [-0.05, 0) is 29.7 Å². The number of benzene rings is 2. The zero-order chi connectivity index (χ0) is 19.9. The van der Waals surface area contributed by atoms with Crippen molar-refractivity contribution < 1.29 is 13.2 Å². The van der Waals surface area contributed by atoms with Crippen LogP contribution in [0.5, 0.6) is 0 Å². The Bertz CT molecular complexity index is 839. The molecule has 3 N–H and O–H groups in total. The van der Waals surface area contributed by atoms with Gasteiger partial charge < -0.3 is 11.1 Å². The fourth-order valence-corrected chi connectivity index (χ4v) is 4.23. The predicted molar refractivity (Wildman–Crippen MR) is 114 cm³/mol. The van der Waals surface area contributed by atoms with Crippen molar-refractivity contribution in [2.24, 2.45) is 5.73 Å². The molecule has 0 bridgehead atoms. The number of sulfonamides is 1. The number of rotatable bonds is 9. The minimum absolute atomic E-state index is 0. The van der Waals surface area contributed by atoms with Gasteiger partial charge in [0.1, 0.15) is 0 Å². The molecule has 0 aliphatic rings. The first-order valence-corrected chi connectivity index (χ1v) is 10.5. The Morgan fingerprint density at radius 2 is 1.57 bits per heavy atom. The Labute approximate surface area is 173 Å². The van der Waals surface area contributed by atoms with Crippen LogP contribution in [0, 0.1) is 0 Å². The molecule has 1 amide bonds. The predicted octanol–water partition coefficient (Wildman–Crippen LogP) is 2.33. The van der Waals surface area contributed by atoms with Crippen LogP contribution in [0.3, 0.4) is 0 Å². The molecule has 2 aromatic rings. The van der Waals surface area contributed by atoms with E-state index >= 15 is 0 Å². The van der Waals surface area contributed by atoms with Crippen LogP contribution in [0.25, 0.3) is 0 Å². The highest BCUT2D eigenvalue weighted by molar-refractivity contribution is 7.89. The lowest BCUT2D eigenvalue weighted by atomic mass is 10.1. The van der Waals surface area contributed by atoms with Crippen LogP contribution in [0.15, 0.2) is 59.5 Å². The van der Waals surface area contributed by atoms with Crippen molar-refractivity contribution in [2.45, 2.75) is 37.8 Å². The first kappa shape index (κ1) is 24.1. The molecule has 2 rings (SSSR count).